The van der Waals surface area contributed by atoms with Crippen molar-refractivity contribution in [3.05, 3.63) is 117 Å². The average molecular weight is 1280 g/mol. The first-order valence-corrected chi connectivity index (χ1v) is 23.6. The Hall–Kier alpha value is -4.80. The third-order valence-electron chi connectivity index (χ3n) is 11.7. The predicted octanol–water partition coefficient (Wildman–Crippen LogP) is 11.7. The Kier molecular flexibility index (Phi) is 28.6. The zero-order chi connectivity index (χ0) is 63.3. The molecule has 0 atom stereocenters. The third-order valence-corrected chi connectivity index (χ3v) is 11.7. The second kappa shape index (κ2) is 30.3. The molecule has 0 spiro atoms. The molecule has 0 amide bonds. The van der Waals surface area contributed by atoms with Crippen LogP contribution < -0.4 is 27.0 Å². The van der Waals surface area contributed by atoms with Crippen LogP contribution in [0.15, 0.2) is 72.8 Å². The molecule has 460 valence electrons. The van der Waals surface area contributed by atoms with Gasteiger partial charge in [-0.1, -0.05) is 81.6 Å². The summed E-state index contributed by atoms with van der Waals surface area (Å²) in [6.45, 7) is 10.8. The van der Waals surface area contributed by atoms with Crippen molar-refractivity contribution in [2.45, 2.75) is 82.5 Å². The molecule has 4 aromatic carbocycles. The maximum atomic E-state index is 14.2. The molecule has 32 heteroatoms. The summed E-state index contributed by atoms with van der Waals surface area (Å²) in [5.74, 6) is 0. The molecule has 0 N–H and O–H groups in total. The Morgan fingerprint density at radius 3 is 0.585 bits per heavy atom. The molecule has 0 fully saturated rings. The Balaban J connectivity index is 0.00000219. The number of rotatable bonds is 15. The molecule has 0 saturated carbocycles. The Bertz CT molecular complexity index is 2140. The number of hydrogen-bond donors (Lipinski definition) is 0. The molecule has 0 aliphatic heterocycles. The predicted molar refractivity (Wildman–Crippen MR) is 253 cm³/mol. The van der Waals surface area contributed by atoms with E-state index in [1.807, 2.05) is 0 Å². The van der Waals surface area contributed by atoms with Gasteiger partial charge in [0.15, 0.2) is 0 Å². The van der Waals surface area contributed by atoms with Crippen LogP contribution in [0.4, 0.5) is 105 Å². The molecule has 4 rings (SSSR count). The van der Waals surface area contributed by atoms with Crippen LogP contribution in [0.2, 0.25) is 0 Å². The van der Waals surface area contributed by atoms with E-state index in [0.29, 0.717) is 0 Å². The molecule has 0 saturated heterocycles. The molecule has 0 radical (unpaired) electrons. The van der Waals surface area contributed by atoms with Crippen molar-refractivity contribution in [3.63, 3.8) is 0 Å². The van der Waals surface area contributed by atoms with E-state index < -0.39 is 201 Å². The Morgan fingerprint density at radius 2 is 0.488 bits per heavy atom. The van der Waals surface area contributed by atoms with Gasteiger partial charge >= 0.3 is 68.9 Å². The maximum Gasteiger partial charge on any atom is 2.00 e. The normalized spacial score (nSPS) is 13.0. The van der Waals surface area contributed by atoms with Crippen molar-refractivity contribution < 1.29 is 135 Å². The van der Waals surface area contributed by atoms with E-state index >= 15 is 0 Å². The number of carbonyl (C=O) groups excluding carboxylic acids is 1. The topological polar surface area (TPSA) is 53.1 Å². The average Bonchev–Trinajstić information content (AvgIpc) is 3.29. The SMILES string of the molecule is CCCCC.CN(C)CCN(CCN(C)C)CCN(C)C.FC(F)(F)c1cc([B-](c2cc(C(F)(F)F)cc(C(F)(F)F)c2)(c2cc(C(F)(F)F)cc(C(F)(F)F)c2)c2cc(C(F)(F)F)cc(C(F)(F)F)c2)cc(C(F)(F)F)c1.O=C[O-].[Zn+2]. The second-order valence-corrected chi connectivity index (χ2v) is 18.9. The van der Waals surface area contributed by atoms with Gasteiger partial charge in [-0.2, -0.15) is 127 Å². The second-order valence-electron chi connectivity index (χ2n) is 18.9. The number of nitrogens with zero attached hydrogens (tertiary/aromatic N) is 4. The van der Waals surface area contributed by atoms with Gasteiger partial charge in [0.25, 0.3) is 0 Å². The molecule has 0 bridgehead atoms. The molecule has 6 nitrogen and oxygen atoms in total. The fraction of sp³-hybridized carbons (Fsp3) is 0.500. The van der Waals surface area contributed by atoms with E-state index in [1.165, 1.54) is 19.3 Å². The minimum absolute atomic E-state index is 0. The van der Waals surface area contributed by atoms with Gasteiger partial charge in [-0.3, -0.25) is 4.90 Å². The zero-order valence-electron chi connectivity index (χ0n) is 44.8. The number of carbonyl (C=O) groups is 1. The molecule has 0 aliphatic carbocycles. The van der Waals surface area contributed by atoms with Gasteiger partial charge < -0.3 is 24.6 Å². The number of benzene rings is 4. The van der Waals surface area contributed by atoms with Gasteiger partial charge in [0.2, 0.25) is 0 Å². The van der Waals surface area contributed by atoms with Crippen molar-refractivity contribution in [2.24, 2.45) is 0 Å². The third kappa shape index (κ3) is 23.7. The molecule has 82 heavy (non-hydrogen) atoms. The number of hydrogen-bond acceptors (Lipinski definition) is 6. The van der Waals surface area contributed by atoms with Crippen molar-refractivity contribution in [2.75, 3.05) is 81.6 Å². The van der Waals surface area contributed by atoms with Crippen LogP contribution >= 0.6 is 0 Å². The first kappa shape index (κ1) is 77.2. The molecule has 4 aromatic rings. The van der Waals surface area contributed by atoms with E-state index in [2.05, 4.69) is 75.7 Å². The van der Waals surface area contributed by atoms with E-state index in [0.717, 1.165) is 39.3 Å². The molecule has 0 aromatic heterocycles. The summed E-state index contributed by atoms with van der Waals surface area (Å²) in [5, 5.41) is 8.25. The van der Waals surface area contributed by atoms with E-state index in [9.17, 15) is 105 Å². The monoisotopic (exact) mass is 1270 g/mol. The Morgan fingerprint density at radius 1 is 0.341 bits per heavy atom. The summed E-state index contributed by atoms with van der Waals surface area (Å²) in [6.07, 6.45) is -50.7. The number of likely N-dealkylation sites (N-methyl/N-ethyl adjacent to an activating group) is 3. The van der Waals surface area contributed by atoms with Crippen LogP contribution in [0.1, 0.15) is 77.6 Å². The largest absolute Gasteiger partial charge is 2.00 e. The van der Waals surface area contributed by atoms with Crippen LogP contribution in [0.25, 0.3) is 0 Å². The number of alkyl halides is 24. The fourth-order valence-electron chi connectivity index (χ4n) is 7.78. The minimum Gasteiger partial charge on any atom is -0.554 e. The van der Waals surface area contributed by atoms with E-state index in [-0.39, 0.29) is 19.5 Å². The molecule has 0 heterocycles. The molecular weight excluding hydrogens is 1220 g/mol. The summed E-state index contributed by atoms with van der Waals surface area (Å²) in [6, 6.07) is -8.81. The number of halogens is 24. The van der Waals surface area contributed by atoms with Crippen LogP contribution in [-0.2, 0) is 73.7 Å². The van der Waals surface area contributed by atoms with Gasteiger partial charge in [0, 0.05) is 45.7 Å². The molecule has 0 aliphatic rings. The standard InChI is InChI=1S/C32H12BF24.C12H30N4.C5H12.CH2O2.Zn/c34-25(35,36)13-1-14(26(37,38)39)6-21(5-13)33(22-7-15(27(40,41)42)2-16(8-22)28(43,44)45,23-9-17(29(46,47)48)3-18(10-23)30(49,50)51)24-11-19(31(52,53)54)4-20(12-24)32(55,56)57;1-13(2)7-10-16(11-8-14(3)4)12-9-15(5)6;1-3-5-4-2;2-1-3;/h1-12H;7-12H2,1-6H3;3-5H2,1-2H3;1H,(H,2,3);/q-1;;;;+2/p-1. The smallest absolute Gasteiger partial charge is 0.554 e. The quantitative estimate of drug-likeness (QED) is 0.0672. The van der Waals surface area contributed by atoms with Gasteiger partial charge in [-0.25, -0.2) is 0 Å². The first-order valence-electron chi connectivity index (χ1n) is 23.6. The van der Waals surface area contributed by atoms with Gasteiger partial charge in [-0.15, -0.1) is 0 Å². The summed E-state index contributed by atoms with van der Waals surface area (Å²) in [7, 11) is 12.8. The van der Waals surface area contributed by atoms with E-state index in [1.54, 1.807) is 0 Å². The van der Waals surface area contributed by atoms with Crippen LogP contribution in [0.3, 0.4) is 0 Å². The van der Waals surface area contributed by atoms with Gasteiger partial charge in [-0.05, 0) is 66.6 Å². The Labute approximate surface area is 469 Å². The number of carboxylic acid groups (broad SMARTS) is 1. The first-order chi connectivity index (χ1) is 36.5. The molecule has 0 unspecified atom stereocenters. The fourth-order valence-corrected chi connectivity index (χ4v) is 7.78. The van der Waals surface area contributed by atoms with Gasteiger partial charge in [0.05, 0.1) is 44.5 Å². The summed E-state index contributed by atoms with van der Waals surface area (Å²) in [4.78, 5) is 17.5. The number of unbranched alkanes of at least 4 members (excludes halogenated alkanes) is 2. The van der Waals surface area contributed by atoms with Crippen molar-refractivity contribution in [1.82, 2.24) is 19.6 Å². The van der Waals surface area contributed by atoms with Crippen molar-refractivity contribution >= 4 is 34.5 Å². The van der Waals surface area contributed by atoms with Gasteiger partial charge in [0.1, 0.15) is 6.15 Å². The maximum absolute atomic E-state index is 14.2. The molecular formula is C50H55BF24N4O2Zn. The van der Waals surface area contributed by atoms with Crippen molar-refractivity contribution in [3.8, 4) is 0 Å². The minimum atomic E-state index is -6.13. The van der Waals surface area contributed by atoms with Crippen LogP contribution in [0.5, 0.6) is 0 Å². The van der Waals surface area contributed by atoms with E-state index in [4.69, 9.17) is 9.90 Å². The van der Waals surface area contributed by atoms with Crippen LogP contribution in [-0.4, -0.2) is 114 Å². The van der Waals surface area contributed by atoms with Crippen molar-refractivity contribution in [1.29, 1.82) is 0 Å². The summed E-state index contributed by atoms with van der Waals surface area (Å²) < 4.78 is 341. The van der Waals surface area contributed by atoms with Crippen LogP contribution in [0, 0.1) is 0 Å². The zero-order valence-corrected chi connectivity index (χ0v) is 47.8. The summed E-state index contributed by atoms with van der Waals surface area (Å²) in [5.41, 5.74) is -30.2. The summed E-state index contributed by atoms with van der Waals surface area (Å²) >= 11 is 0.